The number of thiophene rings is 1. The van der Waals surface area contributed by atoms with Gasteiger partial charge in [-0.25, -0.2) is 8.42 Å². The Kier molecular flexibility index (Phi) is 6.64. The summed E-state index contributed by atoms with van der Waals surface area (Å²) in [5, 5.41) is 5.38. The Balaban J connectivity index is 1.38. The standard InChI is InChI=1S/C22H21N3O3S3/c26-22(23-11-13-29-15-16-6-2-1-3-7-16)19-14-17-8-4-9-18(21(17)24-19)25-31(27,28)20-10-5-12-30-20/h1-10,12,14,24-25H,11,13,15H2,(H,23,26). The lowest BCUT2D eigenvalue weighted by atomic mass is 10.2. The summed E-state index contributed by atoms with van der Waals surface area (Å²) in [6.07, 6.45) is 0. The van der Waals surface area contributed by atoms with E-state index in [4.69, 9.17) is 0 Å². The predicted octanol–water partition coefficient (Wildman–Crippen LogP) is 4.69. The van der Waals surface area contributed by atoms with Crippen LogP contribution in [0.2, 0.25) is 0 Å². The van der Waals surface area contributed by atoms with Gasteiger partial charge in [0.1, 0.15) is 9.90 Å². The van der Waals surface area contributed by atoms with E-state index in [0.717, 1.165) is 28.2 Å². The van der Waals surface area contributed by atoms with Crippen molar-refractivity contribution in [2.75, 3.05) is 17.0 Å². The molecule has 0 saturated heterocycles. The molecule has 0 atom stereocenters. The number of thioether (sulfide) groups is 1. The van der Waals surface area contributed by atoms with E-state index in [1.54, 1.807) is 47.5 Å². The van der Waals surface area contributed by atoms with Crippen molar-refractivity contribution in [3.63, 3.8) is 0 Å². The van der Waals surface area contributed by atoms with Crippen molar-refractivity contribution < 1.29 is 13.2 Å². The van der Waals surface area contributed by atoms with Crippen molar-refractivity contribution in [2.45, 2.75) is 9.96 Å². The van der Waals surface area contributed by atoms with E-state index < -0.39 is 10.0 Å². The third-order valence-electron chi connectivity index (χ3n) is 4.55. The molecule has 0 aliphatic rings. The van der Waals surface area contributed by atoms with E-state index in [2.05, 4.69) is 27.2 Å². The van der Waals surface area contributed by atoms with Crippen LogP contribution < -0.4 is 10.0 Å². The van der Waals surface area contributed by atoms with Gasteiger partial charge in [-0.2, -0.15) is 11.8 Å². The zero-order valence-electron chi connectivity index (χ0n) is 16.5. The van der Waals surface area contributed by atoms with Gasteiger partial charge >= 0.3 is 0 Å². The normalized spacial score (nSPS) is 11.5. The van der Waals surface area contributed by atoms with Crippen LogP contribution in [0, 0.1) is 0 Å². The van der Waals surface area contributed by atoms with Crippen molar-refractivity contribution >= 4 is 55.6 Å². The average molecular weight is 472 g/mol. The number of aromatic amines is 1. The summed E-state index contributed by atoms with van der Waals surface area (Å²) in [6, 6.07) is 20.4. The molecule has 0 unspecified atom stereocenters. The average Bonchev–Trinajstić information content (AvgIpc) is 3.45. The molecule has 0 bridgehead atoms. The first-order chi connectivity index (χ1) is 15.0. The highest BCUT2D eigenvalue weighted by molar-refractivity contribution is 7.98. The number of fused-ring (bicyclic) bond motifs is 1. The Bertz CT molecular complexity index is 1270. The molecule has 9 heteroatoms. The van der Waals surface area contributed by atoms with Crippen LogP contribution in [0.15, 0.2) is 76.3 Å². The molecule has 0 saturated carbocycles. The van der Waals surface area contributed by atoms with Gasteiger partial charge in [0.05, 0.1) is 11.2 Å². The molecule has 4 aromatic rings. The van der Waals surface area contributed by atoms with E-state index >= 15 is 0 Å². The molecule has 160 valence electrons. The van der Waals surface area contributed by atoms with Crippen LogP contribution in [0.5, 0.6) is 0 Å². The molecular formula is C22H21N3O3S3. The van der Waals surface area contributed by atoms with Gasteiger partial charge in [-0.3, -0.25) is 9.52 Å². The van der Waals surface area contributed by atoms with Crippen LogP contribution in [-0.2, 0) is 15.8 Å². The number of aromatic nitrogens is 1. The summed E-state index contributed by atoms with van der Waals surface area (Å²) in [6.45, 7) is 0.545. The van der Waals surface area contributed by atoms with Crippen molar-refractivity contribution in [1.82, 2.24) is 10.3 Å². The van der Waals surface area contributed by atoms with Crippen molar-refractivity contribution in [1.29, 1.82) is 0 Å². The van der Waals surface area contributed by atoms with Crippen molar-refractivity contribution in [2.24, 2.45) is 0 Å². The Hall–Kier alpha value is -2.75. The summed E-state index contributed by atoms with van der Waals surface area (Å²) in [5.74, 6) is 1.48. The Morgan fingerprint density at radius 2 is 1.87 bits per heavy atom. The monoisotopic (exact) mass is 471 g/mol. The zero-order valence-corrected chi connectivity index (χ0v) is 18.9. The van der Waals surface area contributed by atoms with E-state index in [-0.39, 0.29) is 10.1 Å². The second kappa shape index (κ2) is 9.59. The molecular weight excluding hydrogens is 450 g/mol. The summed E-state index contributed by atoms with van der Waals surface area (Å²) in [7, 11) is -3.67. The van der Waals surface area contributed by atoms with Crippen LogP contribution in [0.1, 0.15) is 16.1 Å². The van der Waals surface area contributed by atoms with Crippen LogP contribution in [0.4, 0.5) is 5.69 Å². The molecule has 0 aliphatic carbocycles. The van der Waals surface area contributed by atoms with Crippen LogP contribution in [-0.4, -0.2) is 31.6 Å². The zero-order chi connectivity index (χ0) is 21.7. The third kappa shape index (κ3) is 5.30. The first-order valence-corrected chi connectivity index (χ1v) is 13.1. The largest absolute Gasteiger partial charge is 0.350 e. The maximum absolute atomic E-state index is 12.6. The number of H-pyrrole nitrogens is 1. The summed E-state index contributed by atoms with van der Waals surface area (Å²) in [5.41, 5.74) is 2.63. The van der Waals surface area contributed by atoms with Gasteiger partial charge in [0.25, 0.3) is 15.9 Å². The molecule has 0 spiro atoms. The number of amides is 1. The first-order valence-electron chi connectivity index (χ1n) is 9.61. The maximum Gasteiger partial charge on any atom is 0.271 e. The van der Waals surface area contributed by atoms with Crippen molar-refractivity contribution in [3.8, 4) is 0 Å². The van der Waals surface area contributed by atoms with E-state index in [1.807, 2.05) is 24.3 Å². The number of sulfonamides is 1. The molecule has 2 aromatic carbocycles. The summed E-state index contributed by atoms with van der Waals surface area (Å²) in [4.78, 5) is 15.6. The summed E-state index contributed by atoms with van der Waals surface area (Å²) < 4.78 is 28.0. The lowest BCUT2D eigenvalue weighted by molar-refractivity contribution is 0.0952. The Morgan fingerprint density at radius 3 is 2.65 bits per heavy atom. The topological polar surface area (TPSA) is 91.1 Å². The van der Waals surface area contributed by atoms with Gasteiger partial charge in [-0.1, -0.05) is 48.5 Å². The molecule has 2 heterocycles. The number of benzene rings is 2. The van der Waals surface area contributed by atoms with Crippen LogP contribution in [0.25, 0.3) is 10.9 Å². The maximum atomic E-state index is 12.6. The fourth-order valence-electron chi connectivity index (χ4n) is 3.07. The number of carbonyl (C=O) groups excluding carboxylic acids is 1. The fraction of sp³-hybridized carbons (Fsp3) is 0.136. The van der Waals surface area contributed by atoms with Crippen LogP contribution in [0.3, 0.4) is 0 Å². The molecule has 1 amide bonds. The van der Waals surface area contributed by atoms with Crippen molar-refractivity contribution in [3.05, 3.63) is 83.4 Å². The van der Waals surface area contributed by atoms with E-state index in [9.17, 15) is 13.2 Å². The third-order valence-corrected chi connectivity index (χ3v) is 8.34. The molecule has 2 aromatic heterocycles. The molecule has 0 aliphatic heterocycles. The minimum absolute atomic E-state index is 0.219. The number of nitrogens with one attached hydrogen (secondary N) is 3. The second-order valence-corrected chi connectivity index (χ2v) is 10.7. The van der Waals surface area contributed by atoms with Gasteiger partial charge < -0.3 is 10.3 Å². The summed E-state index contributed by atoms with van der Waals surface area (Å²) >= 11 is 2.90. The van der Waals surface area contributed by atoms with Gasteiger partial charge in [0.2, 0.25) is 0 Å². The molecule has 0 fully saturated rings. The number of carbonyl (C=O) groups is 1. The minimum Gasteiger partial charge on any atom is -0.350 e. The highest BCUT2D eigenvalue weighted by Gasteiger charge is 2.18. The van der Waals surface area contributed by atoms with Gasteiger partial charge in [0, 0.05) is 23.4 Å². The number of hydrogen-bond acceptors (Lipinski definition) is 5. The predicted molar refractivity (Wildman–Crippen MR) is 128 cm³/mol. The van der Waals surface area contributed by atoms with Gasteiger partial charge in [-0.05, 0) is 29.1 Å². The highest BCUT2D eigenvalue weighted by Crippen LogP contribution is 2.27. The SMILES string of the molecule is O=C(NCCSCc1ccccc1)c1cc2cccc(NS(=O)(=O)c3cccs3)c2[nH]1. The smallest absolute Gasteiger partial charge is 0.271 e. The highest BCUT2D eigenvalue weighted by atomic mass is 32.2. The lowest BCUT2D eigenvalue weighted by Gasteiger charge is -2.07. The van der Waals surface area contributed by atoms with Crippen LogP contribution >= 0.6 is 23.1 Å². The second-order valence-electron chi connectivity index (χ2n) is 6.78. The molecule has 6 nitrogen and oxygen atoms in total. The first kappa shape index (κ1) is 21.5. The lowest BCUT2D eigenvalue weighted by Crippen LogP contribution is -2.26. The number of anilines is 1. The number of para-hydroxylation sites is 1. The molecule has 4 rings (SSSR count). The van der Waals surface area contributed by atoms with Gasteiger partial charge in [0.15, 0.2) is 0 Å². The quantitative estimate of drug-likeness (QED) is 0.309. The molecule has 3 N–H and O–H groups in total. The Morgan fingerprint density at radius 1 is 1.03 bits per heavy atom. The Labute approximate surface area is 189 Å². The van der Waals surface area contributed by atoms with Gasteiger partial charge in [-0.15, -0.1) is 11.3 Å². The molecule has 31 heavy (non-hydrogen) atoms. The van der Waals surface area contributed by atoms with E-state index in [1.165, 1.54) is 5.56 Å². The number of rotatable bonds is 9. The number of hydrogen-bond donors (Lipinski definition) is 3. The minimum atomic E-state index is -3.67. The van der Waals surface area contributed by atoms with E-state index in [0.29, 0.717) is 23.4 Å². The fourth-order valence-corrected chi connectivity index (χ4v) is 5.95. The molecule has 0 radical (unpaired) electrons.